The zero-order valence-corrected chi connectivity index (χ0v) is 21.8. The summed E-state index contributed by atoms with van der Waals surface area (Å²) in [5.41, 5.74) is 3.80. The number of amides is 2. The molecule has 0 spiro atoms. The second-order valence-electron chi connectivity index (χ2n) is 8.67. The number of para-hydroxylation sites is 2. The van der Waals surface area contributed by atoms with Crippen molar-refractivity contribution in [1.82, 2.24) is 5.32 Å². The Morgan fingerprint density at radius 1 is 0.684 bits per heavy atom. The second kappa shape index (κ2) is 12.5. The fourth-order valence-corrected chi connectivity index (χ4v) is 3.80. The van der Waals surface area contributed by atoms with Gasteiger partial charge in [-0.25, -0.2) is 0 Å². The lowest BCUT2D eigenvalue weighted by Crippen LogP contribution is -2.34. The van der Waals surface area contributed by atoms with Gasteiger partial charge in [-0.05, 0) is 98.9 Å². The molecule has 38 heavy (non-hydrogen) atoms. The Bertz CT molecular complexity index is 1410. The van der Waals surface area contributed by atoms with Crippen molar-refractivity contribution in [2.24, 2.45) is 0 Å². The number of hydrogen-bond donors (Lipinski definition) is 4. The standard InChI is InChI=1S/C30H28N4O3S/c1-20(2)37-25-18-12-21(13-19-25)28(35)34-30(38)33-27-11-7-6-10-26(27)29(36)32-24-16-14-23(15-17-24)31-22-8-4-3-5-9-22/h3-20,31H,1-2H3,(H,32,36)(H2,33,34,35,38). The highest BCUT2D eigenvalue weighted by molar-refractivity contribution is 7.80. The Balaban J connectivity index is 1.36. The molecule has 0 saturated heterocycles. The molecule has 0 fully saturated rings. The summed E-state index contributed by atoms with van der Waals surface area (Å²) in [6.07, 6.45) is 0.0414. The Labute approximate surface area is 227 Å². The van der Waals surface area contributed by atoms with E-state index < -0.39 is 0 Å². The summed E-state index contributed by atoms with van der Waals surface area (Å²) < 4.78 is 5.61. The van der Waals surface area contributed by atoms with Crippen molar-refractivity contribution in [1.29, 1.82) is 0 Å². The summed E-state index contributed by atoms with van der Waals surface area (Å²) in [5.74, 6) is -0.00393. The maximum Gasteiger partial charge on any atom is 0.257 e. The number of ether oxygens (including phenoxy) is 1. The highest BCUT2D eigenvalue weighted by atomic mass is 32.1. The van der Waals surface area contributed by atoms with Gasteiger partial charge >= 0.3 is 0 Å². The molecule has 0 bridgehead atoms. The van der Waals surface area contributed by atoms with Crippen molar-refractivity contribution in [3.05, 3.63) is 114 Å². The third-order valence-corrected chi connectivity index (χ3v) is 5.54. The third kappa shape index (κ3) is 7.41. The summed E-state index contributed by atoms with van der Waals surface area (Å²) in [7, 11) is 0. The minimum atomic E-state index is -0.371. The molecule has 192 valence electrons. The normalized spacial score (nSPS) is 10.4. The lowest BCUT2D eigenvalue weighted by molar-refractivity contribution is 0.0976. The van der Waals surface area contributed by atoms with Crippen LogP contribution in [0.2, 0.25) is 0 Å². The number of hydrogen-bond acceptors (Lipinski definition) is 5. The van der Waals surface area contributed by atoms with Gasteiger partial charge in [0.15, 0.2) is 5.11 Å². The molecule has 0 aliphatic heterocycles. The third-order valence-electron chi connectivity index (χ3n) is 5.34. The molecule has 4 aromatic rings. The molecule has 0 aromatic heterocycles. The van der Waals surface area contributed by atoms with Crippen LogP contribution in [0.25, 0.3) is 0 Å². The first kappa shape index (κ1) is 26.4. The van der Waals surface area contributed by atoms with Crippen LogP contribution >= 0.6 is 12.2 Å². The van der Waals surface area contributed by atoms with Gasteiger partial charge in [-0.15, -0.1) is 0 Å². The molecule has 0 heterocycles. The number of carbonyl (C=O) groups excluding carboxylic acids is 2. The first-order valence-corrected chi connectivity index (χ1v) is 12.5. The lowest BCUT2D eigenvalue weighted by Gasteiger charge is -2.14. The molecule has 4 aromatic carbocycles. The summed E-state index contributed by atoms with van der Waals surface area (Å²) in [4.78, 5) is 25.7. The maximum absolute atomic E-state index is 13.0. The van der Waals surface area contributed by atoms with E-state index in [0.717, 1.165) is 11.4 Å². The number of anilines is 4. The van der Waals surface area contributed by atoms with Crippen LogP contribution in [0.5, 0.6) is 5.75 Å². The van der Waals surface area contributed by atoms with Crippen molar-refractivity contribution in [2.45, 2.75) is 20.0 Å². The average Bonchev–Trinajstić information content (AvgIpc) is 2.90. The first-order valence-electron chi connectivity index (χ1n) is 12.1. The minimum absolute atomic E-state index is 0.0414. The van der Waals surface area contributed by atoms with E-state index in [9.17, 15) is 9.59 Å². The molecule has 0 aliphatic rings. The Hall–Kier alpha value is -4.69. The number of nitrogens with one attached hydrogen (secondary N) is 4. The Kier molecular flexibility index (Phi) is 8.69. The van der Waals surface area contributed by atoms with Crippen LogP contribution < -0.4 is 26.0 Å². The minimum Gasteiger partial charge on any atom is -0.491 e. The summed E-state index contributed by atoms with van der Waals surface area (Å²) in [6.45, 7) is 3.87. The number of rotatable bonds is 8. The summed E-state index contributed by atoms with van der Waals surface area (Å²) >= 11 is 5.33. The van der Waals surface area contributed by atoms with E-state index in [1.807, 2.05) is 68.4 Å². The van der Waals surface area contributed by atoms with E-state index in [2.05, 4.69) is 21.3 Å². The Morgan fingerprint density at radius 3 is 1.97 bits per heavy atom. The van der Waals surface area contributed by atoms with Gasteiger partial charge < -0.3 is 20.7 Å². The van der Waals surface area contributed by atoms with Gasteiger partial charge in [-0.1, -0.05) is 30.3 Å². The Morgan fingerprint density at radius 2 is 1.29 bits per heavy atom. The number of carbonyl (C=O) groups is 2. The maximum atomic E-state index is 13.0. The quantitative estimate of drug-likeness (QED) is 0.194. The first-order chi connectivity index (χ1) is 18.4. The topological polar surface area (TPSA) is 91.5 Å². The molecule has 7 nitrogen and oxygen atoms in total. The van der Waals surface area contributed by atoms with E-state index in [1.165, 1.54) is 0 Å². The monoisotopic (exact) mass is 524 g/mol. The highest BCUT2D eigenvalue weighted by Crippen LogP contribution is 2.21. The van der Waals surface area contributed by atoms with Crippen LogP contribution in [0.3, 0.4) is 0 Å². The molecule has 8 heteroatoms. The van der Waals surface area contributed by atoms with Crippen molar-refractivity contribution in [3.63, 3.8) is 0 Å². The fourth-order valence-electron chi connectivity index (χ4n) is 3.60. The van der Waals surface area contributed by atoms with E-state index >= 15 is 0 Å². The van der Waals surface area contributed by atoms with Crippen LogP contribution in [0.1, 0.15) is 34.6 Å². The number of benzene rings is 4. The zero-order valence-electron chi connectivity index (χ0n) is 21.0. The van der Waals surface area contributed by atoms with Gasteiger partial charge in [0, 0.05) is 22.6 Å². The van der Waals surface area contributed by atoms with E-state index in [1.54, 1.807) is 48.5 Å². The van der Waals surface area contributed by atoms with Gasteiger partial charge in [-0.2, -0.15) is 0 Å². The molecule has 0 unspecified atom stereocenters. The summed E-state index contributed by atoms with van der Waals surface area (Å²) in [5, 5.41) is 11.9. The molecule has 4 rings (SSSR count). The van der Waals surface area contributed by atoms with Crippen molar-refractivity contribution < 1.29 is 14.3 Å². The fraction of sp³-hybridized carbons (Fsp3) is 0.100. The van der Waals surface area contributed by atoms with Crippen LogP contribution in [-0.2, 0) is 0 Å². The summed E-state index contributed by atoms with van der Waals surface area (Å²) in [6, 6.07) is 31.0. The van der Waals surface area contributed by atoms with Crippen molar-refractivity contribution in [3.8, 4) is 5.75 Å². The highest BCUT2D eigenvalue weighted by Gasteiger charge is 2.14. The predicted octanol–water partition coefficient (Wildman–Crippen LogP) is 6.60. The van der Waals surface area contributed by atoms with Gasteiger partial charge in [0.25, 0.3) is 11.8 Å². The van der Waals surface area contributed by atoms with Crippen LogP contribution in [-0.4, -0.2) is 23.0 Å². The molecule has 0 radical (unpaired) electrons. The van der Waals surface area contributed by atoms with Crippen LogP contribution in [0.4, 0.5) is 22.7 Å². The van der Waals surface area contributed by atoms with Gasteiger partial charge in [0.05, 0.1) is 17.4 Å². The van der Waals surface area contributed by atoms with Crippen molar-refractivity contribution >= 4 is 51.9 Å². The zero-order chi connectivity index (χ0) is 26.9. The second-order valence-corrected chi connectivity index (χ2v) is 9.08. The molecule has 0 saturated carbocycles. The average molecular weight is 525 g/mol. The van der Waals surface area contributed by atoms with Crippen LogP contribution in [0.15, 0.2) is 103 Å². The van der Waals surface area contributed by atoms with E-state index in [0.29, 0.717) is 28.3 Å². The molecule has 0 atom stereocenters. The molecule has 2 amide bonds. The van der Waals surface area contributed by atoms with E-state index in [-0.39, 0.29) is 23.0 Å². The predicted molar refractivity (Wildman–Crippen MR) is 156 cm³/mol. The molecule has 0 aliphatic carbocycles. The van der Waals surface area contributed by atoms with Gasteiger partial charge in [0.2, 0.25) is 0 Å². The molecule has 4 N–H and O–H groups in total. The number of thiocarbonyl (C=S) groups is 1. The van der Waals surface area contributed by atoms with Gasteiger partial charge in [0.1, 0.15) is 5.75 Å². The SMILES string of the molecule is CC(C)Oc1ccc(C(=O)NC(=S)Nc2ccccc2C(=O)Nc2ccc(Nc3ccccc3)cc2)cc1. The van der Waals surface area contributed by atoms with Crippen LogP contribution in [0, 0.1) is 0 Å². The molecular weight excluding hydrogens is 496 g/mol. The molecular formula is C30H28N4O3S. The van der Waals surface area contributed by atoms with Gasteiger partial charge in [-0.3, -0.25) is 14.9 Å². The largest absolute Gasteiger partial charge is 0.491 e. The smallest absolute Gasteiger partial charge is 0.257 e. The van der Waals surface area contributed by atoms with Crippen molar-refractivity contribution in [2.75, 3.05) is 16.0 Å². The van der Waals surface area contributed by atoms with E-state index in [4.69, 9.17) is 17.0 Å². The lowest BCUT2D eigenvalue weighted by atomic mass is 10.1.